The van der Waals surface area contributed by atoms with Crippen LogP contribution in [0.5, 0.6) is 0 Å². The Labute approximate surface area is 127 Å². The summed E-state index contributed by atoms with van der Waals surface area (Å²) in [6.45, 7) is 4.22. The zero-order valence-corrected chi connectivity index (χ0v) is 13.0. The first kappa shape index (κ1) is 17.2. The molecule has 1 unspecified atom stereocenters. The van der Waals surface area contributed by atoms with Crippen molar-refractivity contribution in [2.75, 3.05) is 19.6 Å². The van der Waals surface area contributed by atoms with Gasteiger partial charge >= 0.3 is 0 Å². The lowest BCUT2D eigenvalue weighted by molar-refractivity contribution is -0.138. The summed E-state index contributed by atoms with van der Waals surface area (Å²) in [6, 6.07) is -0.0143. The van der Waals surface area contributed by atoms with E-state index < -0.39 is 0 Å². The van der Waals surface area contributed by atoms with Crippen molar-refractivity contribution in [2.24, 2.45) is 0 Å². The lowest BCUT2D eigenvalue weighted by atomic mass is 9.95. The van der Waals surface area contributed by atoms with Crippen molar-refractivity contribution in [1.29, 1.82) is 0 Å². The van der Waals surface area contributed by atoms with Gasteiger partial charge in [0.2, 0.25) is 11.8 Å². The molecular weight excluding hydrogens is 278 g/mol. The summed E-state index contributed by atoms with van der Waals surface area (Å²) in [5, 5.41) is 6.22. The van der Waals surface area contributed by atoms with E-state index >= 15 is 0 Å². The zero-order valence-electron chi connectivity index (χ0n) is 12.2. The maximum absolute atomic E-state index is 12.1. The summed E-state index contributed by atoms with van der Waals surface area (Å²) in [5.41, 5.74) is 0. The van der Waals surface area contributed by atoms with Crippen LogP contribution < -0.4 is 10.6 Å². The van der Waals surface area contributed by atoms with Crippen molar-refractivity contribution < 1.29 is 9.59 Å². The minimum atomic E-state index is -0.336. The molecule has 0 aromatic heterocycles. The maximum atomic E-state index is 12.1. The lowest BCUT2D eigenvalue weighted by Crippen LogP contribution is -2.56. The highest BCUT2D eigenvalue weighted by atomic mass is 35.5. The van der Waals surface area contributed by atoms with Gasteiger partial charge in [-0.15, -0.1) is 12.4 Å². The molecule has 5 nitrogen and oxygen atoms in total. The summed E-state index contributed by atoms with van der Waals surface area (Å²) < 4.78 is 0. The van der Waals surface area contributed by atoms with E-state index in [0.717, 1.165) is 32.5 Å². The van der Waals surface area contributed by atoms with Crippen molar-refractivity contribution >= 4 is 24.2 Å². The largest absolute Gasteiger partial charge is 0.353 e. The average Bonchev–Trinajstić information content (AvgIpc) is 2.42. The number of nitrogens with one attached hydrogen (secondary N) is 2. The molecule has 2 amide bonds. The van der Waals surface area contributed by atoms with Crippen molar-refractivity contribution in [3.8, 4) is 0 Å². The predicted molar refractivity (Wildman–Crippen MR) is 80.9 cm³/mol. The summed E-state index contributed by atoms with van der Waals surface area (Å²) in [6.07, 6.45) is 6.12. The lowest BCUT2D eigenvalue weighted by Gasteiger charge is -2.32. The fourth-order valence-corrected chi connectivity index (χ4v) is 2.98. The number of piperazine rings is 1. The predicted octanol–water partition coefficient (Wildman–Crippen LogP) is 1.07. The standard InChI is InChI=1S/C14H25N3O2.ClH/c1-2-17-9-8-15-12(14(17)19)10-13(18)16-11-6-4-3-5-7-11;/h11-12,15H,2-10H2,1H3,(H,16,18);1H. The fourth-order valence-electron chi connectivity index (χ4n) is 2.98. The molecule has 1 heterocycles. The van der Waals surface area contributed by atoms with Crippen molar-refractivity contribution in [1.82, 2.24) is 15.5 Å². The van der Waals surface area contributed by atoms with Crippen molar-refractivity contribution in [2.45, 2.75) is 57.5 Å². The van der Waals surface area contributed by atoms with Gasteiger partial charge in [-0.05, 0) is 19.8 Å². The number of hydrogen-bond donors (Lipinski definition) is 2. The first-order valence-electron chi connectivity index (χ1n) is 7.52. The Kier molecular flexibility index (Phi) is 7.30. The van der Waals surface area contributed by atoms with Gasteiger partial charge in [0.25, 0.3) is 0 Å². The van der Waals surface area contributed by atoms with Gasteiger partial charge in [-0.25, -0.2) is 0 Å². The van der Waals surface area contributed by atoms with E-state index in [0.29, 0.717) is 6.04 Å². The third-order valence-electron chi connectivity index (χ3n) is 4.12. The second-order valence-electron chi connectivity index (χ2n) is 5.53. The summed E-state index contributed by atoms with van der Waals surface area (Å²) >= 11 is 0. The Bertz CT molecular complexity index is 332. The third-order valence-corrected chi connectivity index (χ3v) is 4.12. The summed E-state index contributed by atoms with van der Waals surface area (Å²) in [5.74, 6) is 0.0725. The van der Waals surface area contributed by atoms with Crippen LogP contribution in [0.1, 0.15) is 45.4 Å². The second kappa shape index (κ2) is 8.47. The molecule has 2 aliphatic rings. The van der Waals surface area contributed by atoms with Gasteiger partial charge in [0.1, 0.15) is 0 Å². The molecular formula is C14H26ClN3O2. The minimum absolute atomic E-state index is 0. The van der Waals surface area contributed by atoms with Crippen LogP contribution in [-0.4, -0.2) is 48.4 Å². The quantitative estimate of drug-likeness (QED) is 0.816. The van der Waals surface area contributed by atoms with E-state index in [4.69, 9.17) is 0 Å². The molecule has 20 heavy (non-hydrogen) atoms. The van der Waals surface area contributed by atoms with Crippen molar-refractivity contribution in [3.05, 3.63) is 0 Å². The van der Waals surface area contributed by atoms with Crippen LogP contribution in [0.4, 0.5) is 0 Å². The van der Waals surface area contributed by atoms with Gasteiger partial charge in [0.15, 0.2) is 0 Å². The molecule has 0 aromatic carbocycles. The molecule has 1 saturated heterocycles. The van der Waals surface area contributed by atoms with Crippen LogP contribution in [0.15, 0.2) is 0 Å². The molecule has 0 aromatic rings. The van der Waals surface area contributed by atoms with E-state index in [1.807, 2.05) is 11.8 Å². The number of amides is 2. The Morgan fingerprint density at radius 3 is 2.70 bits per heavy atom. The number of hydrogen-bond acceptors (Lipinski definition) is 3. The molecule has 1 atom stereocenters. The van der Waals surface area contributed by atoms with Gasteiger partial charge in [0, 0.05) is 25.7 Å². The summed E-state index contributed by atoms with van der Waals surface area (Å²) in [4.78, 5) is 25.9. The third kappa shape index (κ3) is 4.63. The number of halogens is 1. The maximum Gasteiger partial charge on any atom is 0.240 e. The number of rotatable bonds is 4. The minimum Gasteiger partial charge on any atom is -0.353 e. The van der Waals surface area contributed by atoms with Gasteiger partial charge in [-0.1, -0.05) is 19.3 Å². The van der Waals surface area contributed by atoms with Crippen LogP contribution in [-0.2, 0) is 9.59 Å². The van der Waals surface area contributed by atoms with Crippen LogP contribution >= 0.6 is 12.4 Å². The van der Waals surface area contributed by atoms with Crippen LogP contribution in [0, 0.1) is 0 Å². The molecule has 1 saturated carbocycles. The topological polar surface area (TPSA) is 61.4 Å². The van der Waals surface area contributed by atoms with E-state index in [2.05, 4.69) is 10.6 Å². The number of carbonyl (C=O) groups excluding carboxylic acids is 2. The van der Waals surface area contributed by atoms with E-state index in [1.54, 1.807) is 0 Å². The molecule has 116 valence electrons. The van der Waals surface area contributed by atoms with Crippen molar-refractivity contribution in [3.63, 3.8) is 0 Å². The molecule has 0 spiro atoms. The second-order valence-corrected chi connectivity index (χ2v) is 5.53. The molecule has 1 aliphatic heterocycles. The first-order chi connectivity index (χ1) is 9.20. The highest BCUT2D eigenvalue weighted by Gasteiger charge is 2.29. The highest BCUT2D eigenvalue weighted by molar-refractivity contribution is 5.89. The first-order valence-corrected chi connectivity index (χ1v) is 7.52. The van der Waals surface area contributed by atoms with E-state index in [9.17, 15) is 9.59 Å². The zero-order chi connectivity index (χ0) is 13.7. The van der Waals surface area contributed by atoms with Gasteiger partial charge in [0.05, 0.1) is 12.5 Å². The van der Waals surface area contributed by atoms with Crippen LogP contribution in [0.2, 0.25) is 0 Å². The van der Waals surface area contributed by atoms with E-state index in [-0.39, 0.29) is 36.7 Å². The molecule has 2 N–H and O–H groups in total. The molecule has 1 aliphatic carbocycles. The number of nitrogens with zero attached hydrogens (tertiary/aromatic N) is 1. The van der Waals surface area contributed by atoms with Gasteiger partial charge in [-0.3, -0.25) is 9.59 Å². The van der Waals surface area contributed by atoms with Gasteiger partial charge < -0.3 is 15.5 Å². The molecule has 0 radical (unpaired) electrons. The molecule has 0 bridgehead atoms. The number of likely N-dealkylation sites (N-methyl/N-ethyl adjacent to an activating group) is 1. The SMILES string of the molecule is CCN1CCNC(CC(=O)NC2CCCCC2)C1=O.Cl. The average molecular weight is 304 g/mol. The molecule has 2 rings (SSSR count). The van der Waals surface area contributed by atoms with Gasteiger partial charge in [-0.2, -0.15) is 0 Å². The van der Waals surface area contributed by atoms with Crippen LogP contribution in [0.25, 0.3) is 0 Å². The molecule has 2 fully saturated rings. The fraction of sp³-hybridized carbons (Fsp3) is 0.857. The van der Waals surface area contributed by atoms with E-state index in [1.165, 1.54) is 19.3 Å². The Morgan fingerprint density at radius 1 is 1.35 bits per heavy atom. The number of carbonyl (C=O) groups is 2. The Morgan fingerprint density at radius 2 is 2.05 bits per heavy atom. The van der Waals surface area contributed by atoms with Crippen LogP contribution in [0.3, 0.4) is 0 Å². The Hall–Kier alpha value is -0.810. The highest BCUT2D eigenvalue weighted by Crippen LogP contribution is 2.17. The Balaban J connectivity index is 0.00000200. The monoisotopic (exact) mass is 303 g/mol. The smallest absolute Gasteiger partial charge is 0.240 e. The molecule has 6 heteroatoms. The normalized spacial score (nSPS) is 24.1. The summed E-state index contributed by atoms with van der Waals surface area (Å²) in [7, 11) is 0.